The van der Waals surface area contributed by atoms with Crippen LogP contribution in [0.5, 0.6) is 0 Å². The Balaban J connectivity index is 1.84. The van der Waals surface area contributed by atoms with E-state index in [0.29, 0.717) is 12.4 Å². The van der Waals surface area contributed by atoms with E-state index in [4.69, 9.17) is 5.73 Å². The number of carbonyl (C=O) groups excluding carboxylic acids is 1. The third kappa shape index (κ3) is 3.04. The Kier molecular flexibility index (Phi) is 3.38. The summed E-state index contributed by atoms with van der Waals surface area (Å²) >= 11 is 1.53. The molecule has 1 amide bonds. The molecule has 2 heterocycles. The topological polar surface area (TPSA) is 85.8 Å². The highest BCUT2D eigenvalue weighted by Crippen LogP contribution is 2.11. The number of hydrogen-bond acceptors (Lipinski definition) is 5. The second-order valence-corrected chi connectivity index (χ2v) is 4.52. The van der Waals surface area contributed by atoms with Gasteiger partial charge in [0.05, 0.1) is 17.7 Å². The van der Waals surface area contributed by atoms with E-state index in [1.54, 1.807) is 17.8 Å². The van der Waals surface area contributed by atoms with Crippen LogP contribution in [0.15, 0.2) is 17.8 Å². The summed E-state index contributed by atoms with van der Waals surface area (Å²) in [7, 11) is 0. The second-order valence-electron chi connectivity index (χ2n) is 3.58. The third-order valence-corrected chi connectivity index (χ3v) is 3.19. The zero-order chi connectivity index (χ0) is 12.3. The van der Waals surface area contributed by atoms with Crippen molar-refractivity contribution >= 4 is 23.1 Å². The molecule has 90 valence electrons. The van der Waals surface area contributed by atoms with E-state index in [1.807, 2.05) is 6.92 Å². The lowest BCUT2D eigenvalue weighted by Gasteiger charge is -2.04. The first-order valence-electron chi connectivity index (χ1n) is 5.10. The van der Waals surface area contributed by atoms with Crippen molar-refractivity contribution in [2.45, 2.75) is 20.0 Å². The van der Waals surface area contributed by atoms with E-state index < -0.39 is 0 Å². The molecule has 0 aliphatic heterocycles. The number of anilines is 1. The molecule has 0 unspecified atom stereocenters. The Morgan fingerprint density at radius 3 is 3.06 bits per heavy atom. The van der Waals surface area contributed by atoms with Crippen LogP contribution in [-0.4, -0.2) is 20.7 Å². The van der Waals surface area contributed by atoms with Crippen LogP contribution in [0.25, 0.3) is 0 Å². The van der Waals surface area contributed by atoms with Crippen LogP contribution < -0.4 is 11.1 Å². The van der Waals surface area contributed by atoms with Crippen LogP contribution in [0.3, 0.4) is 0 Å². The highest BCUT2D eigenvalue weighted by atomic mass is 32.1. The third-order valence-electron chi connectivity index (χ3n) is 2.26. The van der Waals surface area contributed by atoms with E-state index in [1.165, 1.54) is 16.0 Å². The van der Waals surface area contributed by atoms with Crippen LogP contribution in [0.4, 0.5) is 5.82 Å². The van der Waals surface area contributed by atoms with E-state index in [-0.39, 0.29) is 12.5 Å². The van der Waals surface area contributed by atoms with Gasteiger partial charge in [0.1, 0.15) is 12.4 Å². The van der Waals surface area contributed by atoms with Gasteiger partial charge in [0.2, 0.25) is 5.91 Å². The normalized spacial score (nSPS) is 10.4. The second kappa shape index (κ2) is 4.96. The Morgan fingerprint density at radius 2 is 2.47 bits per heavy atom. The highest BCUT2D eigenvalue weighted by Gasteiger charge is 2.06. The fourth-order valence-corrected chi connectivity index (χ4v) is 2.06. The number of thiazole rings is 1. The Bertz CT molecular complexity index is 518. The van der Waals surface area contributed by atoms with Gasteiger partial charge in [0.25, 0.3) is 0 Å². The van der Waals surface area contributed by atoms with Gasteiger partial charge in [-0.1, -0.05) is 0 Å². The largest absolute Gasteiger partial charge is 0.382 e. The lowest BCUT2D eigenvalue weighted by Crippen LogP contribution is -2.27. The lowest BCUT2D eigenvalue weighted by atomic mass is 10.4. The summed E-state index contributed by atoms with van der Waals surface area (Å²) in [5, 5.41) is 6.75. The molecule has 17 heavy (non-hydrogen) atoms. The average molecular weight is 251 g/mol. The molecule has 6 nitrogen and oxygen atoms in total. The van der Waals surface area contributed by atoms with Crippen molar-refractivity contribution < 1.29 is 4.79 Å². The fraction of sp³-hybridized carbons (Fsp3) is 0.300. The molecule has 0 fully saturated rings. The van der Waals surface area contributed by atoms with Crippen molar-refractivity contribution in [3.8, 4) is 0 Å². The number of nitrogen functional groups attached to an aromatic ring is 1. The summed E-state index contributed by atoms with van der Waals surface area (Å²) in [6, 6.07) is 1.65. The quantitative estimate of drug-likeness (QED) is 0.830. The van der Waals surface area contributed by atoms with Crippen LogP contribution in [0.2, 0.25) is 0 Å². The zero-order valence-electron chi connectivity index (χ0n) is 9.38. The minimum Gasteiger partial charge on any atom is -0.382 e. The zero-order valence-corrected chi connectivity index (χ0v) is 10.2. The summed E-state index contributed by atoms with van der Waals surface area (Å²) in [6.07, 6.45) is 1.67. The molecule has 0 saturated heterocycles. The van der Waals surface area contributed by atoms with Gasteiger partial charge in [-0.15, -0.1) is 11.3 Å². The van der Waals surface area contributed by atoms with Crippen molar-refractivity contribution in [2.75, 3.05) is 5.73 Å². The van der Waals surface area contributed by atoms with E-state index >= 15 is 0 Å². The van der Waals surface area contributed by atoms with Crippen molar-refractivity contribution in [1.82, 2.24) is 20.1 Å². The number of aryl methyl sites for hydroxylation is 1. The molecule has 0 aromatic carbocycles. The SMILES string of the molecule is Cc1ncsc1CNC(=O)Cn1ccc(N)n1. The van der Waals surface area contributed by atoms with Gasteiger partial charge < -0.3 is 11.1 Å². The molecular formula is C10H13N5OS. The summed E-state index contributed by atoms with van der Waals surface area (Å²) in [6.45, 7) is 2.60. The molecule has 3 N–H and O–H groups in total. The predicted molar refractivity (Wildman–Crippen MR) is 65.3 cm³/mol. The molecule has 0 aliphatic carbocycles. The molecule has 0 saturated carbocycles. The van der Waals surface area contributed by atoms with Gasteiger partial charge in [-0.3, -0.25) is 9.48 Å². The monoisotopic (exact) mass is 251 g/mol. The number of carbonyl (C=O) groups is 1. The van der Waals surface area contributed by atoms with E-state index in [9.17, 15) is 4.79 Å². The number of aromatic nitrogens is 3. The van der Waals surface area contributed by atoms with Crippen molar-refractivity contribution in [3.05, 3.63) is 28.3 Å². The lowest BCUT2D eigenvalue weighted by molar-refractivity contribution is -0.122. The summed E-state index contributed by atoms with van der Waals surface area (Å²) in [5.74, 6) is 0.317. The van der Waals surface area contributed by atoms with Gasteiger partial charge in [-0.2, -0.15) is 5.10 Å². The number of hydrogen-bond donors (Lipinski definition) is 2. The predicted octanol–water partition coefficient (Wildman–Crippen LogP) is 0.547. The fourth-order valence-electron chi connectivity index (χ4n) is 1.34. The van der Waals surface area contributed by atoms with Crippen LogP contribution in [0, 0.1) is 6.92 Å². The maximum atomic E-state index is 11.6. The molecule has 0 aliphatic rings. The van der Waals surface area contributed by atoms with Crippen molar-refractivity contribution in [3.63, 3.8) is 0 Å². The Hall–Kier alpha value is -1.89. The van der Waals surface area contributed by atoms with Crippen molar-refractivity contribution in [1.29, 1.82) is 0 Å². The highest BCUT2D eigenvalue weighted by molar-refractivity contribution is 7.09. The number of nitrogens with one attached hydrogen (secondary N) is 1. The summed E-state index contributed by atoms with van der Waals surface area (Å²) in [4.78, 5) is 16.8. The standard InChI is InChI=1S/C10H13N5OS/c1-7-8(17-6-13-7)4-12-10(16)5-15-3-2-9(11)14-15/h2-3,6H,4-5H2,1H3,(H2,11,14)(H,12,16). The Morgan fingerprint density at radius 1 is 1.65 bits per heavy atom. The van der Waals surface area contributed by atoms with Crippen LogP contribution in [0.1, 0.15) is 10.6 Å². The first kappa shape index (κ1) is 11.6. The molecule has 0 spiro atoms. The molecule has 2 rings (SSSR count). The van der Waals surface area contributed by atoms with Crippen molar-refractivity contribution in [2.24, 2.45) is 0 Å². The molecule has 0 atom stereocenters. The molecule has 2 aromatic heterocycles. The molecule has 0 radical (unpaired) electrons. The van der Waals surface area contributed by atoms with Gasteiger partial charge in [-0.25, -0.2) is 4.98 Å². The van der Waals surface area contributed by atoms with Crippen LogP contribution in [-0.2, 0) is 17.9 Å². The van der Waals surface area contributed by atoms with Gasteiger partial charge in [0, 0.05) is 11.1 Å². The first-order chi connectivity index (χ1) is 8.15. The maximum absolute atomic E-state index is 11.6. The van der Waals surface area contributed by atoms with Gasteiger partial charge in [-0.05, 0) is 13.0 Å². The smallest absolute Gasteiger partial charge is 0.242 e. The molecular weight excluding hydrogens is 238 g/mol. The Labute approximate surface area is 102 Å². The minimum absolute atomic E-state index is 0.0964. The molecule has 0 bridgehead atoms. The summed E-state index contributed by atoms with van der Waals surface area (Å²) < 4.78 is 1.50. The number of nitrogens with zero attached hydrogens (tertiary/aromatic N) is 3. The maximum Gasteiger partial charge on any atom is 0.242 e. The number of nitrogens with two attached hydrogens (primary N) is 1. The van der Waals surface area contributed by atoms with Crippen LogP contribution >= 0.6 is 11.3 Å². The van der Waals surface area contributed by atoms with E-state index in [0.717, 1.165) is 10.6 Å². The molecule has 2 aromatic rings. The number of amides is 1. The number of rotatable bonds is 4. The van der Waals surface area contributed by atoms with E-state index in [2.05, 4.69) is 15.4 Å². The average Bonchev–Trinajstić information content (AvgIpc) is 2.85. The van der Waals surface area contributed by atoms with Gasteiger partial charge >= 0.3 is 0 Å². The van der Waals surface area contributed by atoms with Gasteiger partial charge in [0.15, 0.2) is 0 Å². The first-order valence-corrected chi connectivity index (χ1v) is 5.97. The molecule has 7 heteroatoms. The minimum atomic E-state index is -0.0964. The summed E-state index contributed by atoms with van der Waals surface area (Å²) in [5.41, 5.74) is 8.18.